The molecular formula is C27H25NO6S. The van der Waals surface area contributed by atoms with Crippen LogP contribution in [-0.4, -0.2) is 30.7 Å². The zero-order valence-electron chi connectivity index (χ0n) is 19.8. The summed E-state index contributed by atoms with van der Waals surface area (Å²) < 4.78 is 16.4. The lowest BCUT2D eigenvalue weighted by atomic mass is 9.84. The SMILES string of the molecule is COc1ccc(/C(O)=C2/C(=O)C(=O)N(c3ccc4c(c3)OCO4)C2c2cccs2)cc1C(C)(C)C. The Bertz CT molecular complexity index is 1350. The Morgan fingerprint density at radius 2 is 1.86 bits per heavy atom. The molecule has 3 aromatic rings. The second-order valence-electron chi connectivity index (χ2n) is 9.39. The molecule has 0 bridgehead atoms. The quantitative estimate of drug-likeness (QED) is 0.298. The van der Waals surface area contributed by atoms with Crippen LogP contribution >= 0.6 is 11.3 Å². The molecular weight excluding hydrogens is 466 g/mol. The number of thiophene rings is 1. The van der Waals surface area contributed by atoms with Crippen LogP contribution in [-0.2, 0) is 15.0 Å². The number of ketones is 1. The van der Waals surface area contributed by atoms with Gasteiger partial charge in [0.15, 0.2) is 11.5 Å². The molecule has 0 saturated carbocycles. The van der Waals surface area contributed by atoms with E-state index in [1.54, 1.807) is 37.4 Å². The molecule has 1 amide bonds. The van der Waals surface area contributed by atoms with Crippen LogP contribution in [0.5, 0.6) is 17.2 Å². The summed E-state index contributed by atoms with van der Waals surface area (Å²) in [7, 11) is 1.60. The topological polar surface area (TPSA) is 85.3 Å². The molecule has 0 spiro atoms. The van der Waals surface area contributed by atoms with Gasteiger partial charge in [-0.25, -0.2) is 0 Å². The molecule has 7 nitrogen and oxygen atoms in total. The van der Waals surface area contributed by atoms with Gasteiger partial charge in [-0.05, 0) is 47.2 Å². The van der Waals surface area contributed by atoms with Crippen molar-refractivity contribution in [2.75, 3.05) is 18.8 Å². The van der Waals surface area contributed by atoms with Crippen LogP contribution in [0.25, 0.3) is 5.76 Å². The van der Waals surface area contributed by atoms with E-state index in [9.17, 15) is 14.7 Å². The summed E-state index contributed by atoms with van der Waals surface area (Å²) in [6, 6.07) is 13.3. The van der Waals surface area contributed by atoms with Crippen molar-refractivity contribution in [3.05, 3.63) is 75.5 Å². The largest absolute Gasteiger partial charge is 0.507 e. The second kappa shape index (κ2) is 8.46. The number of carbonyl (C=O) groups excluding carboxylic acids is 2. The standard InChI is InChI=1S/C27H25NO6S/c1-27(2,3)17-12-15(7-9-18(17)32-4)24(29)22-23(21-6-5-11-35-21)28(26(31)25(22)30)16-8-10-19-20(13-16)34-14-33-19/h5-13,23,29H,14H2,1-4H3/b24-22-. The van der Waals surface area contributed by atoms with Gasteiger partial charge in [0.2, 0.25) is 6.79 Å². The number of carbonyl (C=O) groups is 2. The van der Waals surface area contributed by atoms with Crippen molar-refractivity contribution >= 4 is 34.5 Å². The molecule has 1 fully saturated rings. The minimum Gasteiger partial charge on any atom is -0.507 e. The minimum atomic E-state index is -0.782. The summed E-state index contributed by atoms with van der Waals surface area (Å²) >= 11 is 1.41. The summed E-state index contributed by atoms with van der Waals surface area (Å²) in [5, 5.41) is 13.3. The first-order valence-corrected chi connectivity index (χ1v) is 12.0. The number of methoxy groups -OCH3 is 1. The Morgan fingerprint density at radius 3 is 2.54 bits per heavy atom. The van der Waals surface area contributed by atoms with E-state index in [-0.39, 0.29) is 23.5 Å². The summed E-state index contributed by atoms with van der Waals surface area (Å²) in [6.07, 6.45) is 0. The summed E-state index contributed by atoms with van der Waals surface area (Å²) in [4.78, 5) is 28.9. The monoisotopic (exact) mass is 491 g/mol. The van der Waals surface area contributed by atoms with Gasteiger partial charge in [0.25, 0.3) is 11.7 Å². The van der Waals surface area contributed by atoms with E-state index >= 15 is 0 Å². The van der Waals surface area contributed by atoms with Gasteiger partial charge in [-0.15, -0.1) is 11.3 Å². The molecule has 3 heterocycles. The third-order valence-corrected chi connectivity index (χ3v) is 7.10. The lowest BCUT2D eigenvalue weighted by Crippen LogP contribution is -2.29. The number of hydrogen-bond acceptors (Lipinski definition) is 7. The van der Waals surface area contributed by atoms with Gasteiger partial charge >= 0.3 is 0 Å². The van der Waals surface area contributed by atoms with Gasteiger partial charge < -0.3 is 19.3 Å². The Hall–Kier alpha value is -3.78. The van der Waals surface area contributed by atoms with Gasteiger partial charge in [-0.3, -0.25) is 14.5 Å². The first-order valence-electron chi connectivity index (χ1n) is 11.1. The fourth-order valence-corrected chi connectivity index (χ4v) is 5.27. The average molecular weight is 492 g/mol. The number of aliphatic hydroxyl groups is 1. The summed E-state index contributed by atoms with van der Waals surface area (Å²) in [5.74, 6) is 0.0770. The third-order valence-electron chi connectivity index (χ3n) is 6.17. The first kappa shape index (κ1) is 23.0. The predicted molar refractivity (Wildman–Crippen MR) is 133 cm³/mol. The second-order valence-corrected chi connectivity index (χ2v) is 10.4. The summed E-state index contributed by atoms with van der Waals surface area (Å²) in [6.45, 7) is 6.22. The maximum absolute atomic E-state index is 13.4. The maximum Gasteiger partial charge on any atom is 0.300 e. The fourth-order valence-electron chi connectivity index (χ4n) is 4.45. The highest BCUT2D eigenvalue weighted by atomic mass is 32.1. The smallest absolute Gasteiger partial charge is 0.300 e. The Kier molecular flexibility index (Phi) is 5.56. The third kappa shape index (κ3) is 3.83. The molecule has 35 heavy (non-hydrogen) atoms. The number of rotatable bonds is 4. The lowest BCUT2D eigenvalue weighted by Gasteiger charge is -2.25. The first-order chi connectivity index (χ1) is 16.7. The van der Waals surface area contributed by atoms with Crippen LogP contribution in [0.15, 0.2) is 59.5 Å². The Balaban J connectivity index is 1.68. The van der Waals surface area contributed by atoms with E-state index in [2.05, 4.69) is 0 Å². The van der Waals surface area contributed by atoms with Crippen LogP contribution in [0, 0.1) is 0 Å². The number of amides is 1. The van der Waals surface area contributed by atoms with E-state index in [0.717, 1.165) is 10.4 Å². The van der Waals surface area contributed by atoms with Crippen molar-refractivity contribution < 1.29 is 28.9 Å². The number of aliphatic hydroxyl groups excluding tert-OH is 1. The highest BCUT2D eigenvalue weighted by molar-refractivity contribution is 7.10. The predicted octanol–water partition coefficient (Wildman–Crippen LogP) is 5.41. The minimum absolute atomic E-state index is 0.0418. The van der Waals surface area contributed by atoms with Crippen molar-refractivity contribution in [2.24, 2.45) is 0 Å². The summed E-state index contributed by atoms with van der Waals surface area (Å²) in [5.41, 5.74) is 1.58. The molecule has 1 N–H and O–H groups in total. The lowest BCUT2D eigenvalue weighted by molar-refractivity contribution is -0.132. The molecule has 1 saturated heterocycles. The molecule has 5 rings (SSSR count). The van der Waals surface area contributed by atoms with Gasteiger partial charge in [0.05, 0.1) is 12.7 Å². The van der Waals surface area contributed by atoms with Gasteiger partial charge in [0.1, 0.15) is 17.6 Å². The van der Waals surface area contributed by atoms with Crippen molar-refractivity contribution in [3.8, 4) is 17.2 Å². The van der Waals surface area contributed by atoms with Crippen LogP contribution < -0.4 is 19.1 Å². The van der Waals surface area contributed by atoms with E-state index in [0.29, 0.717) is 28.5 Å². The number of hydrogen-bond donors (Lipinski definition) is 1. The Labute approximate surface area is 207 Å². The molecule has 1 aromatic heterocycles. The number of benzene rings is 2. The number of Topliss-reactive ketones (excluding diaryl/α,β-unsaturated/α-hetero) is 1. The normalized spacial score (nSPS) is 18.9. The van der Waals surface area contributed by atoms with E-state index in [1.165, 1.54) is 16.2 Å². The van der Waals surface area contributed by atoms with Crippen LogP contribution in [0.3, 0.4) is 0 Å². The highest BCUT2D eigenvalue weighted by Gasteiger charge is 2.47. The zero-order valence-corrected chi connectivity index (χ0v) is 20.6. The molecule has 8 heteroatoms. The van der Waals surface area contributed by atoms with Crippen molar-refractivity contribution in [1.29, 1.82) is 0 Å². The number of fused-ring (bicyclic) bond motifs is 1. The highest BCUT2D eigenvalue weighted by Crippen LogP contribution is 2.46. The molecule has 2 aromatic carbocycles. The Morgan fingerprint density at radius 1 is 1.09 bits per heavy atom. The number of ether oxygens (including phenoxy) is 3. The van der Waals surface area contributed by atoms with Crippen LogP contribution in [0.2, 0.25) is 0 Å². The maximum atomic E-state index is 13.4. The van der Waals surface area contributed by atoms with Crippen molar-refractivity contribution in [1.82, 2.24) is 0 Å². The molecule has 0 aliphatic carbocycles. The van der Waals surface area contributed by atoms with Crippen LogP contribution in [0.1, 0.15) is 42.8 Å². The molecule has 2 aliphatic rings. The van der Waals surface area contributed by atoms with E-state index in [1.807, 2.05) is 44.4 Å². The van der Waals surface area contributed by atoms with Gasteiger partial charge in [-0.1, -0.05) is 26.8 Å². The average Bonchev–Trinajstić information content (AvgIpc) is 3.57. The number of nitrogens with zero attached hydrogens (tertiary/aromatic N) is 1. The number of anilines is 1. The van der Waals surface area contributed by atoms with Crippen molar-refractivity contribution in [3.63, 3.8) is 0 Å². The molecule has 1 unspecified atom stereocenters. The van der Waals surface area contributed by atoms with Crippen molar-refractivity contribution in [2.45, 2.75) is 32.2 Å². The van der Waals surface area contributed by atoms with Gasteiger partial charge in [0, 0.05) is 27.8 Å². The van der Waals surface area contributed by atoms with E-state index < -0.39 is 17.7 Å². The molecule has 0 radical (unpaired) electrons. The van der Waals surface area contributed by atoms with E-state index in [4.69, 9.17) is 14.2 Å². The fraction of sp³-hybridized carbons (Fsp3) is 0.259. The molecule has 1 atom stereocenters. The van der Waals surface area contributed by atoms with Gasteiger partial charge in [-0.2, -0.15) is 0 Å². The van der Waals surface area contributed by atoms with Crippen LogP contribution in [0.4, 0.5) is 5.69 Å². The molecule has 180 valence electrons. The zero-order chi connectivity index (χ0) is 24.9. The molecule has 2 aliphatic heterocycles.